The Morgan fingerprint density at radius 1 is 1.56 bits per heavy atom. The highest BCUT2D eigenvalue weighted by Gasteiger charge is 2.30. The molecule has 1 rings (SSSR count). The zero-order valence-electron chi connectivity index (χ0n) is 5.98. The standard InChI is InChI=1S/C7H12NO/c1-3-7(4-2)5-6-8-9-7/h3-5H2,1-2H3. The normalized spacial score (nSPS) is 22.0. The van der Waals surface area contributed by atoms with Gasteiger partial charge in [-0.15, -0.1) is 0 Å². The maximum Gasteiger partial charge on any atom is 0.143 e. The van der Waals surface area contributed by atoms with Gasteiger partial charge in [0.1, 0.15) is 11.8 Å². The number of rotatable bonds is 2. The molecule has 1 aliphatic rings. The van der Waals surface area contributed by atoms with Crippen molar-refractivity contribution in [3.63, 3.8) is 0 Å². The van der Waals surface area contributed by atoms with Crippen molar-refractivity contribution in [3.05, 3.63) is 0 Å². The molecule has 0 amide bonds. The lowest BCUT2D eigenvalue weighted by molar-refractivity contribution is -0.0243. The smallest absolute Gasteiger partial charge is 0.143 e. The summed E-state index contributed by atoms with van der Waals surface area (Å²) in [4.78, 5) is 5.15. The maximum absolute atomic E-state index is 5.15. The third-order valence-electron chi connectivity index (χ3n) is 1.99. The Kier molecular flexibility index (Phi) is 1.74. The van der Waals surface area contributed by atoms with Crippen molar-refractivity contribution in [2.24, 2.45) is 5.16 Å². The Hall–Kier alpha value is -0.530. The van der Waals surface area contributed by atoms with E-state index in [-0.39, 0.29) is 5.60 Å². The highest BCUT2D eigenvalue weighted by atomic mass is 16.7. The van der Waals surface area contributed by atoms with E-state index in [1.54, 1.807) is 0 Å². The van der Waals surface area contributed by atoms with Gasteiger partial charge in [0.15, 0.2) is 0 Å². The van der Waals surface area contributed by atoms with Gasteiger partial charge in [-0.2, -0.15) is 0 Å². The van der Waals surface area contributed by atoms with E-state index < -0.39 is 0 Å². The van der Waals surface area contributed by atoms with Gasteiger partial charge in [0.2, 0.25) is 0 Å². The first-order chi connectivity index (χ1) is 4.33. The highest BCUT2D eigenvalue weighted by molar-refractivity contribution is 5.59. The molecule has 0 unspecified atom stereocenters. The summed E-state index contributed by atoms with van der Waals surface area (Å²) >= 11 is 0. The SMILES string of the molecule is CCC1(CC)C[C]=NO1. The minimum atomic E-state index is 0. The summed E-state index contributed by atoms with van der Waals surface area (Å²) in [5.74, 6) is 0. The predicted octanol–water partition coefficient (Wildman–Crippen LogP) is 1.83. The van der Waals surface area contributed by atoms with Crippen LogP contribution in [0, 0.1) is 0 Å². The average molecular weight is 126 g/mol. The van der Waals surface area contributed by atoms with Crippen LogP contribution in [-0.2, 0) is 4.84 Å². The molecule has 0 aromatic heterocycles. The average Bonchev–Trinajstić information content (AvgIpc) is 2.36. The summed E-state index contributed by atoms with van der Waals surface area (Å²) in [6.07, 6.45) is 5.73. The molecule has 0 aromatic rings. The molecule has 0 saturated heterocycles. The van der Waals surface area contributed by atoms with Crippen LogP contribution < -0.4 is 0 Å². The Bertz CT molecular complexity index is 106. The Morgan fingerprint density at radius 2 is 2.22 bits per heavy atom. The van der Waals surface area contributed by atoms with E-state index in [1.165, 1.54) is 0 Å². The molecule has 0 aromatic carbocycles. The van der Waals surface area contributed by atoms with Gasteiger partial charge in [-0.3, -0.25) is 0 Å². The van der Waals surface area contributed by atoms with Crippen LogP contribution in [0.25, 0.3) is 0 Å². The van der Waals surface area contributed by atoms with Crippen LogP contribution in [0.5, 0.6) is 0 Å². The second-order valence-corrected chi connectivity index (χ2v) is 2.41. The van der Waals surface area contributed by atoms with Gasteiger partial charge in [-0.05, 0) is 12.8 Å². The molecule has 2 nitrogen and oxygen atoms in total. The first kappa shape index (κ1) is 6.59. The summed E-state index contributed by atoms with van der Waals surface area (Å²) in [6.45, 7) is 4.23. The van der Waals surface area contributed by atoms with E-state index >= 15 is 0 Å². The van der Waals surface area contributed by atoms with Gasteiger partial charge in [0.25, 0.3) is 0 Å². The number of hydrogen-bond acceptors (Lipinski definition) is 2. The van der Waals surface area contributed by atoms with Crippen molar-refractivity contribution >= 4 is 6.21 Å². The van der Waals surface area contributed by atoms with Crippen molar-refractivity contribution in [1.29, 1.82) is 0 Å². The highest BCUT2D eigenvalue weighted by Crippen LogP contribution is 2.27. The van der Waals surface area contributed by atoms with Crippen LogP contribution in [0.1, 0.15) is 33.1 Å². The molecule has 9 heavy (non-hydrogen) atoms. The third-order valence-corrected chi connectivity index (χ3v) is 1.99. The van der Waals surface area contributed by atoms with Gasteiger partial charge < -0.3 is 4.84 Å². The molecule has 0 saturated carbocycles. The molecular formula is C7H12NO. The van der Waals surface area contributed by atoms with Gasteiger partial charge in [-0.25, -0.2) is 0 Å². The second-order valence-electron chi connectivity index (χ2n) is 2.41. The molecule has 0 fully saturated rings. The van der Waals surface area contributed by atoms with Crippen LogP contribution in [0.2, 0.25) is 0 Å². The van der Waals surface area contributed by atoms with E-state index in [0.717, 1.165) is 19.3 Å². The maximum atomic E-state index is 5.15. The first-order valence-corrected chi connectivity index (χ1v) is 3.44. The molecule has 1 radical (unpaired) electrons. The molecule has 0 spiro atoms. The Labute approximate surface area is 55.9 Å². The van der Waals surface area contributed by atoms with Gasteiger partial charge in [-0.1, -0.05) is 19.0 Å². The first-order valence-electron chi connectivity index (χ1n) is 3.44. The molecule has 0 aliphatic carbocycles. The monoisotopic (exact) mass is 126 g/mol. The predicted molar refractivity (Wildman–Crippen MR) is 36.5 cm³/mol. The van der Waals surface area contributed by atoms with Crippen molar-refractivity contribution in [1.82, 2.24) is 0 Å². The lowest BCUT2D eigenvalue weighted by atomic mass is 9.95. The quantitative estimate of drug-likeness (QED) is 0.553. The minimum Gasteiger partial charge on any atom is -0.389 e. The topological polar surface area (TPSA) is 21.6 Å². The van der Waals surface area contributed by atoms with E-state index in [1.807, 2.05) is 0 Å². The molecule has 0 bridgehead atoms. The molecular weight excluding hydrogens is 114 g/mol. The fourth-order valence-corrected chi connectivity index (χ4v) is 0.967. The number of nitrogens with zero attached hydrogens (tertiary/aromatic N) is 1. The van der Waals surface area contributed by atoms with Gasteiger partial charge >= 0.3 is 0 Å². The zero-order chi connectivity index (χ0) is 6.74. The summed E-state index contributed by atoms with van der Waals surface area (Å²) in [5, 5.41) is 3.63. The number of hydrogen-bond donors (Lipinski definition) is 0. The summed E-state index contributed by atoms with van der Waals surface area (Å²) in [6, 6.07) is 0. The molecule has 2 heteroatoms. The van der Waals surface area contributed by atoms with Gasteiger partial charge in [0.05, 0.1) is 0 Å². The van der Waals surface area contributed by atoms with Crippen LogP contribution in [0.4, 0.5) is 0 Å². The Morgan fingerprint density at radius 3 is 2.44 bits per heavy atom. The van der Waals surface area contributed by atoms with Crippen LogP contribution in [-0.4, -0.2) is 11.8 Å². The fourth-order valence-electron chi connectivity index (χ4n) is 0.967. The summed E-state index contributed by atoms with van der Waals surface area (Å²) in [7, 11) is 0. The Balaban J connectivity index is 2.50. The lowest BCUT2D eigenvalue weighted by Crippen LogP contribution is -2.25. The third kappa shape index (κ3) is 1.07. The van der Waals surface area contributed by atoms with Crippen molar-refractivity contribution in [3.8, 4) is 0 Å². The van der Waals surface area contributed by atoms with E-state index in [2.05, 4.69) is 25.2 Å². The van der Waals surface area contributed by atoms with Crippen molar-refractivity contribution in [2.75, 3.05) is 0 Å². The van der Waals surface area contributed by atoms with E-state index in [0.29, 0.717) is 0 Å². The van der Waals surface area contributed by atoms with E-state index in [4.69, 9.17) is 4.84 Å². The van der Waals surface area contributed by atoms with Crippen molar-refractivity contribution < 1.29 is 4.84 Å². The van der Waals surface area contributed by atoms with Crippen LogP contribution in [0.15, 0.2) is 5.16 Å². The molecule has 1 heterocycles. The minimum absolute atomic E-state index is 0. The summed E-state index contributed by atoms with van der Waals surface area (Å²) in [5.41, 5.74) is 0. The van der Waals surface area contributed by atoms with Crippen molar-refractivity contribution in [2.45, 2.75) is 38.7 Å². The largest absolute Gasteiger partial charge is 0.389 e. The van der Waals surface area contributed by atoms with Crippen LogP contribution in [0.3, 0.4) is 0 Å². The molecule has 0 N–H and O–H groups in total. The van der Waals surface area contributed by atoms with Crippen LogP contribution >= 0.6 is 0 Å². The second kappa shape index (κ2) is 2.38. The van der Waals surface area contributed by atoms with Gasteiger partial charge in [0, 0.05) is 6.42 Å². The zero-order valence-corrected chi connectivity index (χ0v) is 5.98. The lowest BCUT2D eigenvalue weighted by Gasteiger charge is -2.21. The summed E-state index contributed by atoms with van der Waals surface area (Å²) < 4.78 is 0. The fraction of sp³-hybridized carbons (Fsp3) is 0.857. The molecule has 1 aliphatic heterocycles. The molecule has 51 valence electrons. The molecule has 0 atom stereocenters. The van der Waals surface area contributed by atoms with E-state index in [9.17, 15) is 0 Å².